The van der Waals surface area contributed by atoms with E-state index in [0.717, 1.165) is 35.2 Å². The van der Waals surface area contributed by atoms with Gasteiger partial charge in [-0.3, -0.25) is 0 Å². The first kappa shape index (κ1) is 15.7. The molecule has 4 heteroatoms. The molecule has 0 aliphatic carbocycles. The molecule has 1 atom stereocenters. The van der Waals surface area contributed by atoms with Crippen molar-refractivity contribution >= 4 is 28.9 Å². The molecule has 0 saturated heterocycles. The van der Waals surface area contributed by atoms with Crippen LogP contribution >= 0.6 is 23.2 Å². The lowest BCUT2D eigenvalue weighted by Gasteiger charge is -2.21. The molecule has 2 aromatic carbocycles. The van der Waals surface area contributed by atoms with Crippen LogP contribution in [0, 0.1) is 0 Å². The van der Waals surface area contributed by atoms with Crippen LogP contribution in [-0.4, -0.2) is 25.5 Å². The van der Waals surface area contributed by atoms with E-state index in [4.69, 9.17) is 23.2 Å². The number of halogens is 2. The van der Waals surface area contributed by atoms with Gasteiger partial charge in [-0.1, -0.05) is 35.3 Å². The minimum atomic E-state index is 0.439. The number of hydrogen-bond donors (Lipinski definition) is 1. The number of anilines is 1. The molecule has 1 unspecified atom stereocenters. The van der Waals surface area contributed by atoms with E-state index in [2.05, 4.69) is 47.6 Å². The van der Waals surface area contributed by atoms with Crippen molar-refractivity contribution in [2.75, 3.05) is 26.0 Å². The van der Waals surface area contributed by atoms with Crippen LogP contribution in [0.3, 0.4) is 0 Å². The highest BCUT2D eigenvalue weighted by Crippen LogP contribution is 2.34. The number of likely N-dealkylation sites (N-methyl/N-ethyl adjacent to an activating group) is 1. The molecule has 1 N–H and O–H groups in total. The molecule has 116 valence electrons. The fraction of sp³-hybridized carbons (Fsp3) is 0.333. The zero-order valence-electron chi connectivity index (χ0n) is 12.9. The van der Waals surface area contributed by atoms with Gasteiger partial charge in [0.1, 0.15) is 0 Å². The Kier molecular flexibility index (Phi) is 4.62. The lowest BCUT2D eigenvalue weighted by Crippen LogP contribution is -2.22. The van der Waals surface area contributed by atoms with E-state index in [1.54, 1.807) is 0 Å². The van der Waals surface area contributed by atoms with Gasteiger partial charge in [0.2, 0.25) is 0 Å². The van der Waals surface area contributed by atoms with E-state index in [1.165, 1.54) is 16.7 Å². The minimum absolute atomic E-state index is 0.439. The third kappa shape index (κ3) is 3.24. The SMILES string of the molecule is CNc1cccc(C2Cc3cc(Cl)cc(Cl)c3CN(C)C2)c1. The molecule has 0 amide bonds. The second-order valence-corrected chi connectivity index (χ2v) is 6.84. The molecule has 0 fully saturated rings. The van der Waals surface area contributed by atoms with Crippen molar-refractivity contribution in [3.8, 4) is 0 Å². The Morgan fingerprint density at radius 1 is 1.18 bits per heavy atom. The smallest absolute Gasteiger partial charge is 0.0468 e. The molecule has 0 saturated carbocycles. The van der Waals surface area contributed by atoms with Crippen molar-refractivity contribution in [2.24, 2.45) is 0 Å². The van der Waals surface area contributed by atoms with Gasteiger partial charge in [0.15, 0.2) is 0 Å². The van der Waals surface area contributed by atoms with Crippen LogP contribution in [0.5, 0.6) is 0 Å². The van der Waals surface area contributed by atoms with Crippen molar-refractivity contribution in [1.82, 2.24) is 4.90 Å². The number of nitrogens with one attached hydrogen (secondary N) is 1. The summed E-state index contributed by atoms with van der Waals surface area (Å²) in [4.78, 5) is 2.34. The Morgan fingerprint density at radius 2 is 2.00 bits per heavy atom. The van der Waals surface area contributed by atoms with Crippen LogP contribution in [0.1, 0.15) is 22.6 Å². The van der Waals surface area contributed by atoms with Crippen LogP contribution < -0.4 is 5.32 Å². The predicted octanol–water partition coefficient (Wildman–Crippen LogP) is 4.81. The maximum Gasteiger partial charge on any atom is 0.0468 e. The lowest BCUT2D eigenvalue weighted by atomic mass is 9.91. The van der Waals surface area contributed by atoms with Crippen molar-refractivity contribution in [1.29, 1.82) is 0 Å². The molecule has 0 bridgehead atoms. The molecule has 3 rings (SSSR count). The first-order valence-electron chi connectivity index (χ1n) is 7.50. The Hall–Kier alpha value is -1.22. The summed E-state index contributed by atoms with van der Waals surface area (Å²) in [6.07, 6.45) is 0.965. The standard InChI is InChI=1S/C18H20Cl2N2/c1-21-16-5-3-4-12(8-16)14-6-13-7-15(19)9-18(20)17(13)11-22(2)10-14/h3-5,7-9,14,21H,6,10-11H2,1-2H3. The first-order valence-corrected chi connectivity index (χ1v) is 8.25. The van der Waals surface area contributed by atoms with Gasteiger partial charge in [0.25, 0.3) is 0 Å². The number of fused-ring (bicyclic) bond motifs is 1. The summed E-state index contributed by atoms with van der Waals surface area (Å²) in [6, 6.07) is 12.5. The molecule has 1 aliphatic heterocycles. The largest absolute Gasteiger partial charge is 0.388 e. The van der Waals surface area contributed by atoms with Gasteiger partial charge in [-0.2, -0.15) is 0 Å². The molecule has 0 aromatic heterocycles. The summed E-state index contributed by atoms with van der Waals surface area (Å²) in [5.41, 5.74) is 4.97. The van der Waals surface area contributed by atoms with Gasteiger partial charge in [0.05, 0.1) is 0 Å². The second-order valence-electron chi connectivity index (χ2n) is 6.00. The van der Waals surface area contributed by atoms with Crippen molar-refractivity contribution in [2.45, 2.75) is 18.9 Å². The molecule has 1 heterocycles. The summed E-state index contributed by atoms with van der Waals surface area (Å²) < 4.78 is 0. The summed E-state index contributed by atoms with van der Waals surface area (Å²) in [7, 11) is 4.10. The predicted molar refractivity (Wildman–Crippen MR) is 95.2 cm³/mol. The Labute approximate surface area is 142 Å². The summed E-state index contributed by atoms with van der Waals surface area (Å²) in [6.45, 7) is 1.88. The van der Waals surface area contributed by atoms with Crippen molar-refractivity contribution in [3.05, 3.63) is 63.1 Å². The average Bonchev–Trinajstić information content (AvgIpc) is 2.66. The topological polar surface area (TPSA) is 15.3 Å². The van der Waals surface area contributed by atoms with Gasteiger partial charge in [-0.05, 0) is 54.4 Å². The fourth-order valence-electron chi connectivity index (χ4n) is 3.23. The second kappa shape index (κ2) is 6.49. The molecule has 0 spiro atoms. The van der Waals surface area contributed by atoms with Crippen LogP contribution in [0.25, 0.3) is 0 Å². The summed E-state index contributed by atoms with van der Waals surface area (Å²) in [5.74, 6) is 0.439. The third-order valence-electron chi connectivity index (χ3n) is 4.33. The van der Waals surface area contributed by atoms with Crippen molar-refractivity contribution < 1.29 is 0 Å². The molecule has 2 nitrogen and oxygen atoms in total. The van der Waals surface area contributed by atoms with Gasteiger partial charge in [0, 0.05) is 41.8 Å². The molecule has 0 radical (unpaired) electrons. The van der Waals surface area contributed by atoms with E-state index in [0.29, 0.717) is 5.92 Å². The number of hydrogen-bond acceptors (Lipinski definition) is 2. The Balaban J connectivity index is 1.99. The molecule has 2 aromatic rings. The maximum atomic E-state index is 6.41. The first-order chi connectivity index (χ1) is 10.6. The number of rotatable bonds is 2. The van der Waals surface area contributed by atoms with E-state index < -0.39 is 0 Å². The number of nitrogens with zero attached hydrogens (tertiary/aromatic N) is 1. The maximum absolute atomic E-state index is 6.41. The Bertz CT molecular complexity index is 685. The highest BCUT2D eigenvalue weighted by atomic mass is 35.5. The highest BCUT2D eigenvalue weighted by Gasteiger charge is 2.23. The van der Waals surface area contributed by atoms with Gasteiger partial charge >= 0.3 is 0 Å². The van der Waals surface area contributed by atoms with E-state index in [-0.39, 0.29) is 0 Å². The molecular weight excluding hydrogens is 315 g/mol. The van der Waals surface area contributed by atoms with Crippen LogP contribution in [0.15, 0.2) is 36.4 Å². The monoisotopic (exact) mass is 334 g/mol. The fourth-order valence-corrected chi connectivity index (χ4v) is 3.82. The van der Waals surface area contributed by atoms with E-state index in [1.807, 2.05) is 13.1 Å². The molecular formula is C18H20Cl2N2. The summed E-state index contributed by atoms with van der Waals surface area (Å²) in [5, 5.41) is 4.71. The average molecular weight is 335 g/mol. The van der Waals surface area contributed by atoms with Crippen LogP contribution in [0.4, 0.5) is 5.69 Å². The Morgan fingerprint density at radius 3 is 2.77 bits per heavy atom. The number of benzene rings is 2. The van der Waals surface area contributed by atoms with Gasteiger partial charge < -0.3 is 10.2 Å². The molecule has 1 aliphatic rings. The molecule has 22 heavy (non-hydrogen) atoms. The van der Waals surface area contributed by atoms with Crippen molar-refractivity contribution in [3.63, 3.8) is 0 Å². The van der Waals surface area contributed by atoms with Gasteiger partial charge in [-0.25, -0.2) is 0 Å². The minimum Gasteiger partial charge on any atom is -0.388 e. The third-order valence-corrected chi connectivity index (χ3v) is 4.88. The van der Waals surface area contributed by atoms with Crippen LogP contribution in [-0.2, 0) is 13.0 Å². The zero-order valence-corrected chi connectivity index (χ0v) is 14.4. The van der Waals surface area contributed by atoms with E-state index in [9.17, 15) is 0 Å². The lowest BCUT2D eigenvalue weighted by molar-refractivity contribution is 0.313. The summed E-state index contributed by atoms with van der Waals surface area (Å²) >= 11 is 12.6. The van der Waals surface area contributed by atoms with Gasteiger partial charge in [-0.15, -0.1) is 0 Å². The van der Waals surface area contributed by atoms with Crippen LogP contribution in [0.2, 0.25) is 10.0 Å². The highest BCUT2D eigenvalue weighted by molar-refractivity contribution is 6.35. The van der Waals surface area contributed by atoms with E-state index >= 15 is 0 Å². The quantitative estimate of drug-likeness (QED) is 0.847. The zero-order chi connectivity index (χ0) is 15.7. The normalized spacial score (nSPS) is 18.6.